The van der Waals surface area contributed by atoms with E-state index in [-0.39, 0.29) is 0 Å². The molecule has 0 fully saturated rings. The molecule has 0 amide bonds. The van der Waals surface area contributed by atoms with Gasteiger partial charge in [0.05, 0.1) is 0 Å². The van der Waals surface area contributed by atoms with Crippen molar-refractivity contribution in [2.24, 2.45) is 0 Å². The lowest BCUT2D eigenvalue weighted by Crippen LogP contribution is -2.30. The average Bonchev–Trinajstić information content (AvgIpc) is 2.27. The van der Waals surface area contributed by atoms with Crippen molar-refractivity contribution in [1.29, 1.82) is 0 Å². The maximum atomic E-state index is 2.49. The first-order valence-electron chi connectivity index (χ1n) is 5.70. The summed E-state index contributed by atoms with van der Waals surface area (Å²) in [6, 6.07) is 8.88. The highest BCUT2D eigenvalue weighted by Crippen LogP contribution is 2.36. The highest BCUT2D eigenvalue weighted by Gasteiger charge is 2.21. The van der Waals surface area contributed by atoms with E-state index < -0.39 is 0 Å². The van der Waals surface area contributed by atoms with Crippen molar-refractivity contribution < 1.29 is 0 Å². The normalized spacial score (nSPS) is 20.7. The third kappa shape index (κ3) is 1.52. The van der Waals surface area contributed by atoms with Crippen LogP contribution < -0.4 is 4.90 Å². The maximum Gasteiger partial charge on any atom is 0.0401 e. The lowest BCUT2D eigenvalue weighted by atomic mass is 9.88. The molecule has 1 aromatic carbocycles. The Morgan fingerprint density at radius 2 is 2.07 bits per heavy atom. The summed E-state index contributed by atoms with van der Waals surface area (Å²) in [6.07, 6.45) is 2.59. The minimum atomic E-state index is 0.786. The Bertz CT molecular complexity index is 275. The second-order valence-corrected chi connectivity index (χ2v) is 4.03. The Balaban J connectivity index is 2.38. The lowest BCUT2D eigenvalue weighted by molar-refractivity contribution is 0.566. The first kappa shape index (κ1) is 9.57. The van der Waals surface area contributed by atoms with Gasteiger partial charge < -0.3 is 4.90 Å². The third-order valence-corrected chi connectivity index (χ3v) is 3.34. The SMILES string of the molecule is CCC1CCN(CC)c2ccccc21. The highest BCUT2D eigenvalue weighted by atomic mass is 15.1. The van der Waals surface area contributed by atoms with Gasteiger partial charge in [-0.25, -0.2) is 0 Å². The summed E-state index contributed by atoms with van der Waals surface area (Å²) < 4.78 is 0. The van der Waals surface area contributed by atoms with Crippen molar-refractivity contribution in [3.63, 3.8) is 0 Å². The predicted molar refractivity (Wildman–Crippen MR) is 62.0 cm³/mol. The minimum absolute atomic E-state index is 0.786. The summed E-state index contributed by atoms with van der Waals surface area (Å²) in [5, 5.41) is 0. The van der Waals surface area contributed by atoms with Gasteiger partial charge in [-0.1, -0.05) is 25.1 Å². The molecule has 1 heteroatoms. The molecular weight excluding hydrogens is 170 g/mol. The number of hydrogen-bond donors (Lipinski definition) is 0. The van der Waals surface area contributed by atoms with Crippen molar-refractivity contribution in [1.82, 2.24) is 0 Å². The van der Waals surface area contributed by atoms with Crippen LogP contribution in [0.15, 0.2) is 24.3 Å². The fourth-order valence-electron chi connectivity index (χ4n) is 2.46. The van der Waals surface area contributed by atoms with Gasteiger partial charge in [-0.15, -0.1) is 0 Å². The van der Waals surface area contributed by atoms with Gasteiger partial charge in [-0.05, 0) is 37.3 Å². The van der Waals surface area contributed by atoms with Crippen molar-refractivity contribution in [3.8, 4) is 0 Å². The molecule has 0 saturated heterocycles. The summed E-state index contributed by atoms with van der Waals surface area (Å²) in [6.45, 7) is 6.89. The fraction of sp³-hybridized carbons (Fsp3) is 0.538. The molecule has 0 saturated carbocycles. The smallest absolute Gasteiger partial charge is 0.0401 e. The molecular formula is C13H19N. The Labute approximate surface area is 86.7 Å². The first-order valence-corrected chi connectivity index (χ1v) is 5.70. The summed E-state index contributed by atoms with van der Waals surface area (Å²) >= 11 is 0. The van der Waals surface area contributed by atoms with E-state index in [1.54, 1.807) is 5.56 Å². The maximum absolute atomic E-state index is 2.49. The topological polar surface area (TPSA) is 3.24 Å². The zero-order valence-corrected chi connectivity index (χ0v) is 9.16. The predicted octanol–water partition coefficient (Wildman–Crippen LogP) is 3.41. The largest absolute Gasteiger partial charge is 0.372 e. The van der Waals surface area contributed by atoms with Crippen LogP contribution >= 0.6 is 0 Å². The molecule has 1 nitrogen and oxygen atoms in total. The zero-order chi connectivity index (χ0) is 9.97. The third-order valence-electron chi connectivity index (χ3n) is 3.34. The molecule has 1 aliphatic heterocycles. The molecule has 1 aromatic rings. The van der Waals surface area contributed by atoms with Crippen molar-refractivity contribution in [2.75, 3.05) is 18.0 Å². The van der Waals surface area contributed by atoms with E-state index in [0.29, 0.717) is 0 Å². The number of rotatable bonds is 2. The average molecular weight is 189 g/mol. The van der Waals surface area contributed by atoms with Gasteiger partial charge in [0.15, 0.2) is 0 Å². The quantitative estimate of drug-likeness (QED) is 0.689. The lowest BCUT2D eigenvalue weighted by Gasteiger charge is -2.34. The van der Waals surface area contributed by atoms with Gasteiger partial charge in [0, 0.05) is 18.8 Å². The minimum Gasteiger partial charge on any atom is -0.372 e. The monoisotopic (exact) mass is 189 g/mol. The van der Waals surface area contributed by atoms with Crippen LogP contribution in [0.25, 0.3) is 0 Å². The van der Waals surface area contributed by atoms with Crippen LogP contribution in [-0.2, 0) is 0 Å². The molecule has 0 N–H and O–H groups in total. The second kappa shape index (κ2) is 4.04. The number of benzene rings is 1. The van der Waals surface area contributed by atoms with Crippen LogP contribution in [0.4, 0.5) is 5.69 Å². The Hall–Kier alpha value is -0.980. The molecule has 14 heavy (non-hydrogen) atoms. The highest BCUT2D eigenvalue weighted by molar-refractivity contribution is 5.56. The summed E-state index contributed by atoms with van der Waals surface area (Å²) in [5.74, 6) is 0.786. The Morgan fingerprint density at radius 3 is 2.79 bits per heavy atom. The second-order valence-electron chi connectivity index (χ2n) is 4.03. The van der Waals surface area contributed by atoms with E-state index >= 15 is 0 Å². The number of hydrogen-bond acceptors (Lipinski definition) is 1. The van der Waals surface area contributed by atoms with Crippen LogP contribution in [0.3, 0.4) is 0 Å². The molecule has 0 bridgehead atoms. The molecule has 0 aromatic heterocycles. The van der Waals surface area contributed by atoms with E-state index in [9.17, 15) is 0 Å². The molecule has 1 aliphatic rings. The van der Waals surface area contributed by atoms with Gasteiger partial charge in [-0.3, -0.25) is 0 Å². The number of anilines is 1. The summed E-state index contributed by atoms with van der Waals surface area (Å²) in [7, 11) is 0. The first-order chi connectivity index (χ1) is 6.86. The number of para-hydroxylation sites is 1. The molecule has 0 radical (unpaired) electrons. The van der Waals surface area contributed by atoms with E-state index in [2.05, 4.69) is 43.0 Å². The van der Waals surface area contributed by atoms with Crippen LogP contribution in [0.5, 0.6) is 0 Å². The van der Waals surface area contributed by atoms with Crippen molar-refractivity contribution >= 4 is 5.69 Å². The van der Waals surface area contributed by atoms with Gasteiger partial charge in [0.25, 0.3) is 0 Å². The Morgan fingerprint density at radius 1 is 1.29 bits per heavy atom. The van der Waals surface area contributed by atoms with E-state index in [0.717, 1.165) is 12.5 Å². The summed E-state index contributed by atoms with van der Waals surface area (Å²) in [4.78, 5) is 2.49. The van der Waals surface area contributed by atoms with Gasteiger partial charge in [-0.2, -0.15) is 0 Å². The molecule has 2 rings (SSSR count). The Kier molecular flexibility index (Phi) is 2.76. The number of fused-ring (bicyclic) bond motifs is 1. The van der Waals surface area contributed by atoms with Crippen LogP contribution in [0.1, 0.15) is 38.2 Å². The van der Waals surface area contributed by atoms with Gasteiger partial charge in [0.1, 0.15) is 0 Å². The summed E-state index contributed by atoms with van der Waals surface area (Å²) in [5.41, 5.74) is 3.02. The number of nitrogens with zero attached hydrogens (tertiary/aromatic N) is 1. The van der Waals surface area contributed by atoms with E-state index in [4.69, 9.17) is 0 Å². The van der Waals surface area contributed by atoms with Gasteiger partial charge in [0.2, 0.25) is 0 Å². The molecule has 1 unspecified atom stereocenters. The fourth-order valence-corrected chi connectivity index (χ4v) is 2.46. The van der Waals surface area contributed by atoms with E-state index in [1.807, 2.05) is 0 Å². The zero-order valence-electron chi connectivity index (χ0n) is 9.16. The molecule has 76 valence electrons. The molecule has 1 atom stereocenters. The van der Waals surface area contributed by atoms with Crippen LogP contribution in [0.2, 0.25) is 0 Å². The van der Waals surface area contributed by atoms with Crippen LogP contribution in [0, 0.1) is 0 Å². The van der Waals surface area contributed by atoms with Gasteiger partial charge >= 0.3 is 0 Å². The van der Waals surface area contributed by atoms with Crippen molar-refractivity contribution in [2.45, 2.75) is 32.6 Å². The molecule has 1 heterocycles. The van der Waals surface area contributed by atoms with Crippen LogP contribution in [-0.4, -0.2) is 13.1 Å². The van der Waals surface area contributed by atoms with Crippen molar-refractivity contribution in [3.05, 3.63) is 29.8 Å². The molecule has 0 spiro atoms. The van der Waals surface area contributed by atoms with E-state index in [1.165, 1.54) is 25.1 Å². The molecule has 0 aliphatic carbocycles. The standard InChI is InChI=1S/C13H19N/c1-3-11-9-10-14(4-2)13-8-6-5-7-12(11)13/h5-8,11H,3-4,9-10H2,1-2H3.